The van der Waals surface area contributed by atoms with Crippen molar-refractivity contribution >= 4 is 134 Å². The van der Waals surface area contributed by atoms with E-state index in [4.69, 9.17) is 8.83 Å². The van der Waals surface area contributed by atoms with Gasteiger partial charge in [0.1, 0.15) is 22.3 Å². The number of fused-ring (bicyclic) bond motifs is 8. The second kappa shape index (κ2) is 31.3. The lowest BCUT2D eigenvalue weighted by molar-refractivity contribution is 0.669. The fourth-order valence-electron chi connectivity index (χ4n) is 18.0. The van der Waals surface area contributed by atoms with Crippen LogP contribution in [-0.4, -0.2) is 0 Å². The molecule has 20 aromatic carbocycles. The zero-order valence-electron chi connectivity index (χ0n) is 66.6. The molecule has 6 heteroatoms. The minimum atomic E-state index is 0.842. The Morgan fingerprint density at radius 2 is 0.402 bits per heavy atom. The molecule has 0 fully saturated rings. The highest BCUT2D eigenvalue weighted by Gasteiger charge is 2.24. The maximum atomic E-state index is 7.01. The Kier molecular flexibility index (Phi) is 18.5. The fraction of sp³-hybridized carbons (Fsp3) is 0. The minimum absolute atomic E-state index is 0.842. The van der Waals surface area contributed by atoms with E-state index < -0.39 is 0 Å². The first kappa shape index (κ1) is 72.2. The molecule has 574 valence electrons. The second-order valence-electron chi connectivity index (χ2n) is 31.0. The van der Waals surface area contributed by atoms with Gasteiger partial charge in [0.25, 0.3) is 0 Å². The molecular weight excluding hydrogens is 1480 g/mol. The molecule has 22 aromatic rings. The normalized spacial score (nSPS) is 11.4. The quantitative estimate of drug-likeness (QED) is 0.0803. The summed E-state index contributed by atoms with van der Waals surface area (Å²) in [5.41, 5.74) is 32.1. The van der Waals surface area contributed by atoms with Crippen LogP contribution in [0.4, 0.5) is 68.2 Å². The van der Waals surface area contributed by atoms with Gasteiger partial charge in [0.15, 0.2) is 0 Å². The van der Waals surface area contributed by atoms with Gasteiger partial charge in [-0.05, 0) is 235 Å². The number of rotatable bonds is 19. The molecule has 0 N–H and O–H groups in total. The van der Waals surface area contributed by atoms with Crippen LogP contribution in [0.2, 0.25) is 0 Å². The van der Waals surface area contributed by atoms with Gasteiger partial charge in [-0.2, -0.15) is 0 Å². The van der Waals surface area contributed by atoms with Gasteiger partial charge in [-0.15, -0.1) is 0 Å². The number of para-hydroxylation sites is 7. The van der Waals surface area contributed by atoms with Gasteiger partial charge in [0, 0.05) is 100 Å². The van der Waals surface area contributed by atoms with Crippen molar-refractivity contribution in [3.8, 4) is 77.9 Å². The standard InChI is InChI=1S/C116H78N4O2/c1-6-25-83(26-7-1)99-73-75-111(105-39-18-16-37-103(99)105)119(91-33-12-4-13-34-91)97-64-51-81(52-65-97)82-53-66-98(67-54-82)120(92-35-14-5-15-36-92)112-76-74-100(104-38-17-19-40-106(104)112)88-28-22-27-86(77-88)87-59-72-108-110-45-24-43-102(116(110)122-114(108)78-87)85-57-70-96(71-58-85)118(90-31-10-3-11-32-90)94-62-49-80(50-63-94)79-47-60-93(61-48-79)117(89-29-8-2-9-30-89)95-68-55-84(56-69-95)101-42-23-44-109-107-41-20-21-46-113(107)121-115(101)109/h1-78H. The highest BCUT2D eigenvalue weighted by molar-refractivity contribution is 6.13. The van der Waals surface area contributed by atoms with Gasteiger partial charge >= 0.3 is 0 Å². The Bertz CT molecular complexity index is 7570. The lowest BCUT2D eigenvalue weighted by atomic mass is 9.93. The van der Waals surface area contributed by atoms with E-state index in [0.29, 0.717) is 0 Å². The van der Waals surface area contributed by atoms with Crippen LogP contribution >= 0.6 is 0 Å². The SMILES string of the molecule is c1ccc(-c2ccc(N(c3ccccc3)c3ccc(-c4ccc(N(c5ccccc5)c5ccc(-c6cccc(-c7ccc8c(c7)oc7c(-c9ccc(N(c%10ccccc%10)c%10ccc(-c%11ccc(N(c%12ccccc%12)c%12ccc(-c%13cccc%14c%13oc%13ccccc%13%14)cc%12)cc%11)cc%10)cc9)cccc78)c6)c6ccccc56)cc4)cc3)c3ccccc23)cc1. The lowest BCUT2D eigenvalue weighted by Gasteiger charge is -2.28. The Hall–Kier alpha value is -16.3. The van der Waals surface area contributed by atoms with Gasteiger partial charge in [0.05, 0.1) is 11.4 Å². The Balaban J connectivity index is 0.516. The molecule has 0 aliphatic heterocycles. The average Bonchev–Trinajstić information content (AvgIpc) is 1.60. The molecule has 22 rings (SSSR count). The summed E-state index contributed by atoms with van der Waals surface area (Å²) in [6.07, 6.45) is 0. The second-order valence-corrected chi connectivity index (χ2v) is 31.0. The molecule has 0 amide bonds. The molecule has 2 aromatic heterocycles. The van der Waals surface area contributed by atoms with Gasteiger partial charge in [0.2, 0.25) is 0 Å². The molecule has 0 aliphatic rings. The molecule has 0 spiro atoms. The largest absolute Gasteiger partial charge is 0.455 e. The summed E-state index contributed by atoms with van der Waals surface area (Å²) in [5, 5.41) is 9.13. The first-order valence-corrected chi connectivity index (χ1v) is 41.6. The monoisotopic (exact) mass is 1560 g/mol. The zero-order valence-corrected chi connectivity index (χ0v) is 66.6. The third kappa shape index (κ3) is 13.4. The van der Waals surface area contributed by atoms with E-state index in [2.05, 4.69) is 481 Å². The molecule has 0 aliphatic carbocycles. The fourth-order valence-corrected chi connectivity index (χ4v) is 18.0. The molecule has 2 heterocycles. The van der Waals surface area contributed by atoms with E-state index in [1.807, 2.05) is 12.1 Å². The minimum Gasteiger partial charge on any atom is -0.455 e. The molecule has 0 bridgehead atoms. The molecule has 0 unspecified atom stereocenters. The van der Waals surface area contributed by atoms with E-state index >= 15 is 0 Å². The van der Waals surface area contributed by atoms with Crippen LogP contribution in [0.5, 0.6) is 0 Å². The summed E-state index contributed by atoms with van der Waals surface area (Å²) in [7, 11) is 0. The summed E-state index contributed by atoms with van der Waals surface area (Å²) >= 11 is 0. The van der Waals surface area contributed by atoms with E-state index in [9.17, 15) is 0 Å². The molecule has 0 radical (unpaired) electrons. The number of nitrogens with zero attached hydrogens (tertiary/aromatic N) is 4. The highest BCUT2D eigenvalue weighted by Crippen LogP contribution is 2.49. The predicted molar refractivity (Wildman–Crippen MR) is 513 cm³/mol. The van der Waals surface area contributed by atoms with Gasteiger partial charge in [-0.1, -0.05) is 315 Å². The van der Waals surface area contributed by atoms with Crippen molar-refractivity contribution in [2.45, 2.75) is 0 Å². The summed E-state index contributed by atoms with van der Waals surface area (Å²) in [6, 6.07) is 170. The molecular formula is C116H78N4O2. The summed E-state index contributed by atoms with van der Waals surface area (Å²) in [5.74, 6) is 0. The summed E-state index contributed by atoms with van der Waals surface area (Å²) in [6.45, 7) is 0. The van der Waals surface area contributed by atoms with Crippen molar-refractivity contribution in [2.75, 3.05) is 19.6 Å². The van der Waals surface area contributed by atoms with Gasteiger partial charge in [-0.25, -0.2) is 0 Å². The third-order valence-corrected chi connectivity index (χ3v) is 23.9. The number of hydrogen-bond donors (Lipinski definition) is 0. The topological polar surface area (TPSA) is 39.2 Å². The molecule has 122 heavy (non-hydrogen) atoms. The van der Waals surface area contributed by atoms with Crippen molar-refractivity contribution < 1.29 is 8.83 Å². The van der Waals surface area contributed by atoms with Crippen LogP contribution in [0.15, 0.2) is 482 Å². The van der Waals surface area contributed by atoms with Crippen LogP contribution in [0, 0.1) is 0 Å². The van der Waals surface area contributed by atoms with Crippen LogP contribution in [0.1, 0.15) is 0 Å². The smallest absolute Gasteiger partial charge is 0.143 e. The molecule has 0 atom stereocenters. The Morgan fingerprint density at radius 3 is 0.828 bits per heavy atom. The van der Waals surface area contributed by atoms with E-state index in [-0.39, 0.29) is 0 Å². The average molecular weight is 1560 g/mol. The number of benzene rings is 20. The number of anilines is 12. The van der Waals surface area contributed by atoms with Crippen LogP contribution in [0.3, 0.4) is 0 Å². The van der Waals surface area contributed by atoms with Crippen LogP contribution in [-0.2, 0) is 0 Å². The maximum Gasteiger partial charge on any atom is 0.143 e. The van der Waals surface area contributed by atoms with Crippen molar-refractivity contribution in [3.63, 3.8) is 0 Å². The predicted octanol–water partition coefficient (Wildman–Crippen LogP) is 33.3. The highest BCUT2D eigenvalue weighted by atomic mass is 16.3. The van der Waals surface area contributed by atoms with E-state index in [0.717, 1.165) is 184 Å². The lowest BCUT2D eigenvalue weighted by Crippen LogP contribution is -2.10. The van der Waals surface area contributed by atoms with Crippen molar-refractivity contribution in [2.24, 2.45) is 0 Å². The third-order valence-electron chi connectivity index (χ3n) is 23.9. The first-order chi connectivity index (χ1) is 60.5. The summed E-state index contributed by atoms with van der Waals surface area (Å²) in [4.78, 5) is 9.40. The number of furan rings is 2. The molecule has 0 saturated carbocycles. The van der Waals surface area contributed by atoms with Gasteiger partial charge in [-0.3, -0.25) is 0 Å². The Morgan fingerprint density at radius 1 is 0.131 bits per heavy atom. The Labute approximate surface area is 708 Å². The van der Waals surface area contributed by atoms with Crippen molar-refractivity contribution in [1.29, 1.82) is 0 Å². The zero-order chi connectivity index (χ0) is 80.8. The maximum absolute atomic E-state index is 7.01. The van der Waals surface area contributed by atoms with E-state index in [1.165, 1.54) is 27.3 Å². The molecule has 0 saturated heterocycles. The number of hydrogen-bond acceptors (Lipinski definition) is 6. The van der Waals surface area contributed by atoms with Crippen LogP contribution < -0.4 is 19.6 Å². The van der Waals surface area contributed by atoms with Gasteiger partial charge < -0.3 is 28.4 Å². The van der Waals surface area contributed by atoms with Crippen molar-refractivity contribution in [1.82, 2.24) is 0 Å². The summed E-state index contributed by atoms with van der Waals surface area (Å²) < 4.78 is 13.5. The van der Waals surface area contributed by atoms with Crippen molar-refractivity contribution in [3.05, 3.63) is 473 Å². The first-order valence-electron chi connectivity index (χ1n) is 41.6. The molecule has 6 nitrogen and oxygen atoms in total. The van der Waals surface area contributed by atoms with Crippen LogP contribution in [0.25, 0.3) is 143 Å². The van der Waals surface area contributed by atoms with E-state index in [1.54, 1.807) is 0 Å².